The van der Waals surface area contributed by atoms with Crippen LogP contribution < -0.4 is 4.74 Å². The summed E-state index contributed by atoms with van der Waals surface area (Å²) in [5.41, 5.74) is 2.16. The molecule has 0 fully saturated rings. The van der Waals surface area contributed by atoms with Crippen LogP contribution in [-0.2, 0) is 4.79 Å². The number of hydrogen-bond acceptors (Lipinski definition) is 4. The molecule has 0 saturated heterocycles. The summed E-state index contributed by atoms with van der Waals surface area (Å²) in [5, 5.41) is 1.83. The van der Waals surface area contributed by atoms with Crippen molar-refractivity contribution in [2.75, 3.05) is 13.6 Å². The molecular weight excluding hydrogens is 310 g/mol. The van der Waals surface area contributed by atoms with Crippen molar-refractivity contribution in [3.05, 3.63) is 51.7 Å². The highest BCUT2D eigenvalue weighted by atomic mass is 32.1. The third-order valence-corrected chi connectivity index (χ3v) is 4.27. The molecule has 0 aliphatic rings. The minimum absolute atomic E-state index is 0.0817. The van der Waals surface area contributed by atoms with E-state index in [1.807, 2.05) is 30.5 Å². The Balaban J connectivity index is 2.01. The van der Waals surface area contributed by atoms with Crippen molar-refractivity contribution in [3.8, 4) is 5.75 Å². The first kappa shape index (κ1) is 17.2. The second-order valence-electron chi connectivity index (χ2n) is 5.85. The number of amides is 1. The summed E-state index contributed by atoms with van der Waals surface area (Å²) in [4.78, 5) is 26.2. The van der Waals surface area contributed by atoms with Crippen LogP contribution in [0.3, 0.4) is 0 Å². The molecule has 0 aliphatic carbocycles. The maximum atomic E-state index is 12.1. The Kier molecular flexibility index (Phi) is 5.55. The summed E-state index contributed by atoms with van der Waals surface area (Å²) in [5.74, 6) is 0.257. The number of carbonyl (C=O) groups excluding carboxylic acids is 2. The Morgan fingerprint density at radius 1 is 1.26 bits per heavy atom. The van der Waals surface area contributed by atoms with E-state index < -0.39 is 5.97 Å². The summed E-state index contributed by atoms with van der Waals surface area (Å²) in [6, 6.07) is 9.32. The van der Waals surface area contributed by atoms with E-state index in [0.29, 0.717) is 16.5 Å². The fraction of sp³-hybridized carbons (Fsp3) is 0.333. The lowest BCUT2D eigenvalue weighted by atomic mass is 10.0. The lowest BCUT2D eigenvalue weighted by Crippen LogP contribution is -2.33. The average Bonchev–Trinajstić information content (AvgIpc) is 2.99. The predicted octanol–water partition coefficient (Wildman–Crippen LogP) is 3.86. The van der Waals surface area contributed by atoms with Crippen LogP contribution in [0.1, 0.15) is 40.6 Å². The molecule has 122 valence electrons. The van der Waals surface area contributed by atoms with Crippen molar-refractivity contribution in [2.45, 2.75) is 26.7 Å². The molecule has 1 aromatic carbocycles. The minimum atomic E-state index is -0.447. The second-order valence-corrected chi connectivity index (χ2v) is 6.79. The standard InChI is InChI=1S/C18H21NO3S/c1-12(2)14-8-13(3)9-15(10-14)22-17(20)11-19(4)18(21)16-6-5-7-23-16/h5-10,12H,11H2,1-4H3. The molecule has 2 rings (SSSR count). The van der Waals surface area contributed by atoms with Crippen molar-refractivity contribution in [1.82, 2.24) is 4.90 Å². The van der Waals surface area contributed by atoms with Crippen LogP contribution in [0.25, 0.3) is 0 Å². The summed E-state index contributed by atoms with van der Waals surface area (Å²) in [6.45, 7) is 6.07. The number of esters is 1. The molecule has 0 aliphatic heterocycles. The van der Waals surface area contributed by atoms with Gasteiger partial charge in [-0.2, -0.15) is 0 Å². The van der Waals surface area contributed by atoms with E-state index in [9.17, 15) is 9.59 Å². The predicted molar refractivity (Wildman–Crippen MR) is 92.2 cm³/mol. The normalized spacial score (nSPS) is 10.7. The summed E-state index contributed by atoms with van der Waals surface area (Å²) in [6.07, 6.45) is 0. The number of carbonyl (C=O) groups is 2. The van der Waals surface area contributed by atoms with E-state index >= 15 is 0 Å². The molecule has 0 spiro atoms. The third-order valence-electron chi connectivity index (χ3n) is 3.42. The molecule has 2 aromatic rings. The van der Waals surface area contributed by atoms with Gasteiger partial charge in [0.15, 0.2) is 0 Å². The van der Waals surface area contributed by atoms with Gasteiger partial charge in [0.25, 0.3) is 5.91 Å². The number of benzene rings is 1. The van der Waals surface area contributed by atoms with Crippen LogP contribution in [0.5, 0.6) is 5.75 Å². The molecule has 0 N–H and O–H groups in total. The monoisotopic (exact) mass is 331 g/mol. The molecular formula is C18H21NO3S. The Morgan fingerprint density at radius 2 is 2.00 bits per heavy atom. The Hall–Kier alpha value is -2.14. The molecule has 0 unspecified atom stereocenters. The largest absolute Gasteiger partial charge is 0.425 e. The van der Waals surface area contributed by atoms with Gasteiger partial charge in [0.1, 0.15) is 12.3 Å². The van der Waals surface area contributed by atoms with E-state index in [1.165, 1.54) is 16.2 Å². The first-order chi connectivity index (χ1) is 10.9. The number of rotatable bonds is 5. The van der Waals surface area contributed by atoms with Gasteiger partial charge in [0.2, 0.25) is 0 Å². The van der Waals surface area contributed by atoms with Crippen LogP contribution in [0, 0.1) is 6.92 Å². The zero-order valence-electron chi connectivity index (χ0n) is 13.8. The number of hydrogen-bond donors (Lipinski definition) is 0. The average molecular weight is 331 g/mol. The van der Waals surface area contributed by atoms with Crippen LogP contribution in [0.2, 0.25) is 0 Å². The topological polar surface area (TPSA) is 46.6 Å². The second kappa shape index (κ2) is 7.42. The van der Waals surface area contributed by atoms with E-state index in [4.69, 9.17) is 4.74 Å². The van der Waals surface area contributed by atoms with Crippen molar-refractivity contribution in [1.29, 1.82) is 0 Å². The SMILES string of the molecule is Cc1cc(OC(=O)CN(C)C(=O)c2cccs2)cc(C(C)C)c1. The smallest absolute Gasteiger partial charge is 0.331 e. The van der Waals surface area contributed by atoms with Crippen LogP contribution >= 0.6 is 11.3 Å². The van der Waals surface area contributed by atoms with Gasteiger partial charge in [-0.3, -0.25) is 4.79 Å². The zero-order valence-corrected chi connectivity index (χ0v) is 14.6. The molecule has 23 heavy (non-hydrogen) atoms. The van der Waals surface area contributed by atoms with E-state index in [-0.39, 0.29) is 12.5 Å². The lowest BCUT2D eigenvalue weighted by Gasteiger charge is -2.16. The third kappa shape index (κ3) is 4.66. The molecule has 5 heteroatoms. The van der Waals surface area contributed by atoms with Crippen molar-refractivity contribution < 1.29 is 14.3 Å². The number of nitrogens with zero attached hydrogens (tertiary/aromatic N) is 1. The molecule has 0 radical (unpaired) electrons. The summed E-state index contributed by atoms with van der Waals surface area (Å²) < 4.78 is 5.39. The van der Waals surface area contributed by atoms with E-state index in [0.717, 1.165) is 11.1 Å². The zero-order chi connectivity index (χ0) is 17.0. The highest BCUT2D eigenvalue weighted by Crippen LogP contribution is 2.23. The number of ether oxygens (including phenoxy) is 1. The fourth-order valence-electron chi connectivity index (χ4n) is 2.19. The lowest BCUT2D eigenvalue weighted by molar-refractivity contribution is -0.134. The molecule has 0 atom stereocenters. The van der Waals surface area contributed by atoms with Crippen LogP contribution in [0.15, 0.2) is 35.7 Å². The summed E-state index contributed by atoms with van der Waals surface area (Å²) >= 11 is 1.35. The maximum absolute atomic E-state index is 12.1. The van der Waals surface area contributed by atoms with Crippen LogP contribution in [0.4, 0.5) is 0 Å². The van der Waals surface area contributed by atoms with Gasteiger partial charge in [-0.05, 0) is 47.5 Å². The first-order valence-electron chi connectivity index (χ1n) is 7.48. The highest BCUT2D eigenvalue weighted by Gasteiger charge is 2.17. The molecule has 0 bridgehead atoms. The molecule has 4 nitrogen and oxygen atoms in total. The van der Waals surface area contributed by atoms with Gasteiger partial charge in [-0.25, -0.2) is 4.79 Å². The number of aryl methyl sites for hydroxylation is 1. The fourth-order valence-corrected chi connectivity index (χ4v) is 2.90. The highest BCUT2D eigenvalue weighted by molar-refractivity contribution is 7.12. The summed E-state index contributed by atoms with van der Waals surface area (Å²) in [7, 11) is 1.60. The minimum Gasteiger partial charge on any atom is -0.425 e. The maximum Gasteiger partial charge on any atom is 0.331 e. The first-order valence-corrected chi connectivity index (χ1v) is 8.36. The van der Waals surface area contributed by atoms with Gasteiger partial charge in [0, 0.05) is 7.05 Å². The van der Waals surface area contributed by atoms with Crippen LogP contribution in [-0.4, -0.2) is 30.4 Å². The van der Waals surface area contributed by atoms with Gasteiger partial charge in [-0.1, -0.05) is 26.0 Å². The quantitative estimate of drug-likeness (QED) is 0.617. The van der Waals surface area contributed by atoms with Crippen molar-refractivity contribution >= 4 is 23.2 Å². The van der Waals surface area contributed by atoms with Gasteiger partial charge in [0.05, 0.1) is 4.88 Å². The van der Waals surface area contributed by atoms with E-state index in [2.05, 4.69) is 19.9 Å². The molecule has 1 amide bonds. The Morgan fingerprint density at radius 3 is 2.61 bits per heavy atom. The number of thiophene rings is 1. The molecule has 1 aromatic heterocycles. The van der Waals surface area contributed by atoms with Gasteiger partial charge in [-0.15, -0.1) is 11.3 Å². The van der Waals surface area contributed by atoms with Crippen molar-refractivity contribution in [3.63, 3.8) is 0 Å². The van der Waals surface area contributed by atoms with E-state index in [1.54, 1.807) is 13.1 Å². The molecule has 1 heterocycles. The Bertz CT molecular complexity index is 692. The number of likely N-dealkylation sites (N-methyl/N-ethyl adjacent to an activating group) is 1. The van der Waals surface area contributed by atoms with Gasteiger partial charge < -0.3 is 9.64 Å². The van der Waals surface area contributed by atoms with Gasteiger partial charge >= 0.3 is 5.97 Å². The Labute approximate surface area is 140 Å². The van der Waals surface area contributed by atoms with Crippen molar-refractivity contribution in [2.24, 2.45) is 0 Å². The molecule has 0 saturated carbocycles.